The minimum absolute atomic E-state index is 0.0281. The van der Waals surface area contributed by atoms with Crippen molar-refractivity contribution < 1.29 is 19.5 Å². The Kier molecular flexibility index (Phi) is 3.37. The molecule has 2 aliphatic rings. The van der Waals surface area contributed by atoms with Gasteiger partial charge in [-0.15, -0.1) is 0 Å². The number of hydrogen-bond acceptors (Lipinski definition) is 4. The molecule has 18 heavy (non-hydrogen) atoms. The SMILES string of the molecule is NNC(=O)[C@@H]1C2CCC(C2)N1C(=O)CNC(=O)O. The van der Waals surface area contributed by atoms with Crippen LogP contribution in [0.15, 0.2) is 0 Å². The van der Waals surface area contributed by atoms with Gasteiger partial charge in [-0.2, -0.15) is 0 Å². The van der Waals surface area contributed by atoms with Crippen LogP contribution in [0, 0.1) is 5.92 Å². The molecule has 1 heterocycles. The molecule has 2 unspecified atom stereocenters. The lowest BCUT2D eigenvalue weighted by Crippen LogP contribution is -2.56. The lowest BCUT2D eigenvalue weighted by molar-refractivity contribution is -0.142. The number of nitrogens with zero attached hydrogens (tertiary/aromatic N) is 1. The summed E-state index contributed by atoms with van der Waals surface area (Å²) < 4.78 is 0. The molecule has 0 aromatic heterocycles. The van der Waals surface area contributed by atoms with Gasteiger partial charge >= 0.3 is 6.09 Å². The molecular weight excluding hydrogens is 240 g/mol. The van der Waals surface area contributed by atoms with Crippen molar-refractivity contribution in [1.82, 2.24) is 15.6 Å². The fraction of sp³-hybridized carbons (Fsp3) is 0.700. The molecule has 0 aromatic carbocycles. The molecule has 5 N–H and O–H groups in total. The van der Waals surface area contributed by atoms with Crippen LogP contribution in [0.3, 0.4) is 0 Å². The molecule has 1 saturated carbocycles. The lowest BCUT2D eigenvalue weighted by Gasteiger charge is -2.33. The number of carbonyl (C=O) groups is 3. The maximum absolute atomic E-state index is 11.9. The number of carbonyl (C=O) groups excluding carboxylic acids is 2. The van der Waals surface area contributed by atoms with Crippen LogP contribution < -0.4 is 16.6 Å². The van der Waals surface area contributed by atoms with Gasteiger partial charge < -0.3 is 15.3 Å². The van der Waals surface area contributed by atoms with Crippen molar-refractivity contribution in [1.29, 1.82) is 0 Å². The number of rotatable bonds is 3. The van der Waals surface area contributed by atoms with Gasteiger partial charge in [0.1, 0.15) is 12.6 Å². The van der Waals surface area contributed by atoms with Crippen LogP contribution >= 0.6 is 0 Å². The molecule has 100 valence electrons. The van der Waals surface area contributed by atoms with Gasteiger partial charge in [-0.05, 0) is 25.2 Å². The largest absolute Gasteiger partial charge is 0.465 e. The Hall–Kier alpha value is -1.83. The molecule has 1 aliphatic carbocycles. The minimum Gasteiger partial charge on any atom is -0.465 e. The molecular formula is C10H16N4O4. The highest BCUT2D eigenvalue weighted by Crippen LogP contribution is 2.42. The highest BCUT2D eigenvalue weighted by atomic mass is 16.4. The van der Waals surface area contributed by atoms with Crippen molar-refractivity contribution in [2.45, 2.75) is 31.3 Å². The maximum atomic E-state index is 11.9. The fourth-order valence-corrected chi connectivity index (χ4v) is 3.01. The summed E-state index contributed by atoms with van der Waals surface area (Å²) in [4.78, 5) is 35.5. The summed E-state index contributed by atoms with van der Waals surface area (Å²) in [5.41, 5.74) is 2.07. The minimum atomic E-state index is -1.26. The summed E-state index contributed by atoms with van der Waals surface area (Å²) in [6.07, 6.45) is 1.29. The first-order chi connectivity index (χ1) is 8.54. The number of hydrogen-bond donors (Lipinski definition) is 4. The number of hydrazine groups is 1. The van der Waals surface area contributed by atoms with Crippen LogP contribution in [0.2, 0.25) is 0 Å². The average molecular weight is 256 g/mol. The van der Waals surface area contributed by atoms with E-state index in [9.17, 15) is 14.4 Å². The summed E-state index contributed by atoms with van der Waals surface area (Å²) in [6.45, 7) is -0.313. The molecule has 8 heteroatoms. The monoisotopic (exact) mass is 256 g/mol. The summed E-state index contributed by atoms with van der Waals surface area (Å²) in [5, 5.41) is 10.5. The second-order valence-corrected chi connectivity index (χ2v) is 4.64. The summed E-state index contributed by atoms with van der Waals surface area (Å²) in [6, 6.07) is -0.530. The Labute approximate surface area is 103 Å². The Morgan fingerprint density at radius 1 is 1.33 bits per heavy atom. The average Bonchev–Trinajstić information content (AvgIpc) is 2.94. The number of amides is 3. The maximum Gasteiger partial charge on any atom is 0.405 e. The molecule has 0 aromatic rings. The van der Waals surface area contributed by atoms with E-state index in [2.05, 4.69) is 5.43 Å². The van der Waals surface area contributed by atoms with E-state index in [0.717, 1.165) is 19.3 Å². The summed E-state index contributed by atoms with van der Waals surface area (Å²) in [7, 11) is 0. The van der Waals surface area contributed by atoms with Crippen LogP contribution in [0.25, 0.3) is 0 Å². The molecule has 1 saturated heterocycles. The summed E-state index contributed by atoms with van der Waals surface area (Å²) >= 11 is 0. The zero-order valence-corrected chi connectivity index (χ0v) is 9.76. The fourth-order valence-electron chi connectivity index (χ4n) is 3.01. The Balaban J connectivity index is 2.07. The van der Waals surface area contributed by atoms with Crippen LogP contribution in [0.5, 0.6) is 0 Å². The number of nitrogens with one attached hydrogen (secondary N) is 2. The third-order valence-electron chi connectivity index (χ3n) is 3.67. The standard InChI is InChI=1S/C10H16N4O4/c11-13-9(16)8-5-1-2-6(3-5)14(8)7(15)4-12-10(17)18/h5-6,8,12H,1-4,11H2,(H,13,16)(H,17,18)/t5?,6?,8-/m0/s1. The molecule has 2 fully saturated rings. The second kappa shape index (κ2) is 4.81. The topological polar surface area (TPSA) is 125 Å². The van der Waals surface area contributed by atoms with Gasteiger partial charge in [-0.25, -0.2) is 10.6 Å². The number of nitrogens with two attached hydrogens (primary N) is 1. The molecule has 3 amide bonds. The molecule has 0 spiro atoms. The van der Waals surface area contributed by atoms with Crippen LogP contribution in [0.4, 0.5) is 4.79 Å². The highest BCUT2D eigenvalue weighted by molar-refractivity contribution is 5.90. The quantitative estimate of drug-likeness (QED) is 0.281. The molecule has 0 radical (unpaired) electrons. The zero-order valence-electron chi connectivity index (χ0n) is 9.76. The molecule has 2 bridgehead atoms. The van der Waals surface area contributed by atoms with Crippen molar-refractivity contribution in [2.75, 3.05) is 6.54 Å². The molecule has 3 atom stereocenters. The highest BCUT2D eigenvalue weighted by Gasteiger charge is 2.50. The van der Waals surface area contributed by atoms with Gasteiger partial charge in [-0.1, -0.05) is 0 Å². The number of fused-ring (bicyclic) bond motifs is 2. The predicted octanol–water partition coefficient (Wildman–Crippen LogP) is -1.38. The Bertz CT molecular complexity index is 386. The second-order valence-electron chi connectivity index (χ2n) is 4.64. The van der Waals surface area contributed by atoms with Gasteiger partial charge in [-0.3, -0.25) is 15.0 Å². The first kappa shape index (κ1) is 12.6. The third kappa shape index (κ3) is 2.10. The number of piperidine rings is 1. The van der Waals surface area contributed by atoms with E-state index in [4.69, 9.17) is 10.9 Å². The third-order valence-corrected chi connectivity index (χ3v) is 3.67. The van der Waals surface area contributed by atoms with E-state index in [1.807, 2.05) is 5.32 Å². The molecule has 2 rings (SSSR count). The summed E-state index contributed by atoms with van der Waals surface area (Å²) in [5.74, 6) is 4.49. The van der Waals surface area contributed by atoms with Gasteiger partial charge in [0.25, 0.3) is 5.91 Å². The van der Waals surface area contributed by atoms with E-state index in [1.165, 1.54) is 4.90 Å². The Morgan fingerprint density at radius 2 is 2.06 bits per heavy atom. The first-order valence-electron chi connectivity index (χ1n) is 5.83. The molecule has 1 aliphatic heterocycles. The van der Waals surface area contributed by atoms with Gasteiger partial charge in [0.05, 0.1) is 0 Å². The molecule has 8 nitrogen and oxygen atoms in total. The lowest BCUT2D eigenvalue weighted by atomic mass is 9.98. The van der Waals surface area contributed by atoms with Crippen molar-refractivity contribution in [3.05, 3.63) is 0 Å². The number of likely N-dealkylation sites (tertiary alicyclic amines) is 1. The van der Waals surface area contributed by atoms with E-state index < -0.39 is 12.1 Å². The van der Waals surface area contributed by atoms with E-state index in [0.29, 0.717) is 0 Å². The van der Waals surface area contributed by atoms with Crippen molar-refractivity contribution in [3.63, 3.8) is 0 Å². The van der Waals surface area contributed by atoms with Crippen molar-refractivity contribution in [2.24, 2.45) is 11.8 Å². The van der Waals surface area contributed by atoms with E-state index >= 15 is 0 Å². The predicted molar refractivity (Wildman–Crippen MR) is 60.1 cm³/mol. The van der Waals surface area contributed by atoms with Crippen molar-refractivity contribution in [3.8, 4) is 0 Å². The van der Waals surface area contributed by atoms with Gasteiger partial charge in [0.2, 0.25) is 5.91 Å². The van der Waals surface area contributed by atoms with Crippen LogP contribution in [-0.2, 0) is 9.59 Å². The van der Waals surface area contributed by atoms with Gasteiger partial charge in [0.15, 0.2) is 0 Å². The smallest absolute Gasteiger partial charge is 0.405 e. The van der Waals surface area contributed by atoms with Gasteiger partial charge in [0, 0.05) is 6.04 Å². The van der Waals surface area contributed by atoms with E-state index in [1.54, 1.807) is 0 Å². The van der Waals surface area contributed by atoms with Crippen molar-refractivity contribution >= 4 is 17.9 Å². The van der Waals surface area contributed by atoms with E-state index in [-0.39, 0.29) is 30.3 Å². The van der Waals surface area contributed by atoms with Crippen LogP contribution in [0.1, 0.15) is 19.3 Å². The normalized spacial score (nSPS) is 29.2. The first-order valence-corrected chi connectivity index (χ1v) is 5.83. The Morgan fingerprint density at radius 3 is 2.67 bits per heavy atom. The van der Waals surface area contributed by atoms with Crippen LogP contribution in [-0.4, -0.2) is 46.5 Å². The zero-order chi connectivity index (χ0) is 13.3. The number of carboxylic acid groups (broad SMARTS) is 1.